The predicted octanol–water partition coefficient (Wildman–Crippen LogP) is 2.14. The lowest BCUT2D eigenvalue weighted by Crippen LogP contribution is -2.17. The monoisotopic (exact) mass is 200 g/mol. The largest absolute Gasteiger partial charge is 0.465 e. The second-order valence-corrected chi connectivity index (χ2v) is 3.93. The Balaban J connectivity index is 2.14. The van der Waals surface area contributed by atoms with Gasteiger partial charge in [-0.25, -0.2) is 0 Å². The van der Waals surface area contributed by atoms with Crippen LogP contribution in [0.15, 0.2) is 0 Å². The number of unbranched alkanes of at least 4 members (excludes halogenated alkanes) is 2. The number of carbonyl (C=O) groups is 1. The van der Waals surface area contributed by atoms with Gasteiger partial charge in [0.2, 0.25) is 0 Å². The first kappa shape index (κ1) is 11.5. The summed E-state index contributed by atoms with van der Waals surface area (Å²) >= 11 is 0. The minimum absolute atomic E-state index is 0.189. The molecule has 1 saturated heterocycles. The van der Waals surface area contributed by atoms with E-state index in [0.29, 0.717) is 18.6 Å². The Morgan fingerprint density at radius 1 is 1.57 bits per heavy atom. The lowest BCUT2D eigenvalue weighted by Gasteiger charge is -2.13. The summed E-state index contributed by atoms with van der Waals surface area (Å²) in [5, 5.41) is 0. The molecule has 82 valence electrons. The smallest absolute Gasteiger partial charge is 0.302 e. The van der Waals surface area contributed by atoms with Gasteiger partial charge in [0.15, 0.2) is 0 Å². The van der Waals surface area contributed by atoms with Gasteiger partial charge in [-0.3, -0.25) is 4.79 Å². The van der Waals surface area contributed by atoms with Gasteiger partial charge >= 0.3 is 5.97 Å². The number of epoxide rings is 1. The van der Waals surface area contributed by atoms with Crippen molar-refractivity contribution in [2.45, 2.75) is 45.6 Å². The molecule has 0 aromatic rings. The topological polar surface area (TPSA) is 38.8 Å². The number of ether oxygens (including phenoxy) is 2. The van der Waals surface area contributed by atoms with Gasteiger partial charge < -0.3 is 9.47 Å². The summed E-state index contributed by atoms with van der Waals surface area (Å²) < 4.78 is 10.3. The molecule has 0 amide bonds. The molecule has 14 heavy (non-hydrogen) atoms. The molecule has 3 heteroatoms. The van der Waals surface area contributed by atoms with Gasteiger partial charge in [0.1, 0.15) is 0 Å². The van der Waals surface area contributed by atoms with Crippen LogP contribution in [0.5, 0.6) is 0 Å². The van der Waals surface area contributed by atoms with Gasteiger partial charge in [-0.2, -0.15) is 0 Å². The quantitative estimate of drug-likeness (QED) is 0.359. The zero-order valence-electron chi connectivity index (χ0n) is 9.12. The van der Waals surface area contributed by atoms with E-state index in [2.05, 4.69) is 6.92 Å². The fourth-order valence-electron chi connectivity index (χ4n) is 1.59. The van der Waals surface area contributed by atoms with Gasteiger partial charge in [0.05, 0.1) is 19.3 Å². The predicted molar refractivity (Wildman–Crippen MR) is 54.0 cm³/mol. The second kappa shape index (κ2) is 6.02. The fourth-order valence-corrected chi connectivity index (χ4v) is 1.59. The SMILES string of the molecule is CCCCCC(COC(C)=O)C1CO1. The molecule has 0 N–H and O–H groups in total. The molecule has 0 aromatic carbocycles. The van der Waals surface area contributed by atoms with E-state index in [1.54, 1.807) is 0 Å². The summed E-state index contributed by atoms with van der Waals surface area (Å²) in [6.07, 6.45) is 5.16. The Hall–Kier alpha value is -0.570. The third kappa shape index (κ3) is 4.61. The molecule has 1 aliphatic rings. The standard InChI is InChI=1S/C11H20O3/c1-3-4-5-6-10(11-8-14-11)7-13-9(2)12/h10-11H,3-8H2,1-2H3. The Labute approximate surface area is 85.8 Å². The van der Waals surface area contributed by atoms with Crippen LogP contribution in [0.3, 0.4) is 0 Å². The summed E-state index contributed by atoms with van der Waals surface area (Å²) in [7, 11) is 0. The van der Waals surface area contributed by atoms with E-state index < -0.39 is 0 Å². The number of rotatable bonds is 7. The van der Waals surface area contributed by atoms with Crippen LogP contribution in [0.2, 0.25) is 0 Å². The van der Waals surface area contributed by atoms with Crippen molar-refractivity contribution in [1.29, 1.82) is 0 Å². The highest BCUT2D eigenvalue weighted by atomic mass is 16.6. The van der Waals surface area contributed by atoms with Crippen LogP contribution in [0, 0.1) is 5.92 Å². The van der Waals surface area contributed by atoms with Crippen molar-refractivity contribution >= 4 is 5.97 Å². The first-order chi connectivity index (χ1) is 6.74. The first-order valence-corrected chi connectivity index (χ1v) is 5.49. The van der Waals surface area contributed by atoms with E-state index in [1.807, 2.05) is 0 Å². The maximum atomic E-state index is 10.7. The number of carbonyl (C=O) groups excluding carboxylic acids is 1. The molecule has 2 unspecified atom stereocenters. The molecule has 1 heterocycles. The molecule has 0 bridgehead atoms. The van der Waals surface area contributed by atoms with E-state index >= 15 is 0 Å². The van der Waals surface area contributed by atoms with Crippen LogP contribution >= 0.6 is 0 Å². The van der Waals surface area contributed by atoms with E-state index in [9.17, 15) is 4.79 Å². The minimum atomic E-state index is -0.189. The van der Waals surface area contributed by atoms with Crippen LogP contribution in [-0.4, -0.2) is 25.3 Å². The van der Waals surface area contributed by atoms with E-state index in [1.165, 1.54) is 26.2 Å². The molecule has 1 aliphatic heterocycles. The average molecular weight is 200 g/mol. The zero-order valence-corrected chi connectivity index (χ0v) is 9.12. The fraction of sp³-hybridized carbons (Fsp3) is 0.909. The molecule has 2 atom stereocenters. The summed E-state index contributed by atoms with van der Waals surface area (Å²) in [5.41, 5.74) is 0. The van der Waals surface area contributed by atoms with Crippen LogP contribution < -0.4 is 0 Å². The Morgan fingerprint density at radius 2 is 2.29 bits per heavy atom. The molecule has 1 fully saturated rings. The summed E-state index contributed by atoms with van der Waals surface area (Å²) in [4.78, 5) is 10.7. The van der Waals surface area contributed by atoms with Crippen molar-refractivity contribution in [3.05, 3.63) is 0 Å². The Bertz CT molecular complexity index is 175. The maximum absolute atomic E-state index is 10.7. The highest BCUT2D eigenvalue weighted by Gasteiger charge is 2.32. The third-order valence-electron chi connectivity index (χ3n) is 2.56. The van der Waals surface area contributed by atoms with Crippen LogP contribution in [-0.2, 0) is 14.3 Å². The molecular formula is C11H20O3. The molecule has 3 nitrogen and oxygen atoms in total. The van der Waals surface area contributed by atoms with Crippen molar-refractivity contribution in [3.8, 4) is 0 Å². The lowest BCUT2D eigenvalue weighted by atomic mass is 9.99. The maximum Gasteiger partial charge on any atom is 0.302 e. The van der Waals surface area contributed by atoms with Gasteiger partial charge in [0.25, 0.3) is 0 Å². The molecular weight excluding hydrogens is 180 g/mol. The average Bonchev–Trinajstić information content (AvgIpc) is 2.94. The molecule has 1 rings (SSSR count). The highest BCUT2D eigenvalue weighted by Crippen LogP contribution is 2.25. The molecule has 0 aromatic heterocycles. The lowest BCUT2D eigenvalue weighted by molar-refractivity contribution is -0.142. The molecule has 0 spiro atoms. The van der Waals surface area contributed by atoms with Crippen LogP contribution in [0.4, 0.5) is 0 Å². The van der Waals surface area contributed by atoms with Crippen LogP contribution in [0.25, 0.3) is 0 Å². The van der Waals surface area contributed by atoms with Gasteiger partial charge in [-0.1, -0.05) is 26.2 Å². The van der Waals surface area contributed by atoms with E-state index in [4.69, 9.17) is 9.47 Å². The van der Waals surface area contributed by atoms with Gasteiger partial charge in [-0.05, 0) is 6.42 Å². The zero-order chi connectivity index (χ0) is 10.4. The number of esters is 1. The summed E-state index contributed by atoms with van der Waals surface area (Å²) in [6, 6.07) is 0. The second-order valence-electron chi connectivity index (χ2n) is 3.93. The summed E-state index contributed by atoms with van der Waals surface area (Å²) in [6.45, 7) is 5.02. The highest BCUT2D eigenvalue weighted by molar-refractivity contribution is 5.65. The van der Waals surface area contributed by atoms with Crippen molar-refractivity contribution in [2.24, 2.45) is 5.92 Å². The van der Waals surface area contributed by atoms with Gasteiger partial charge in [0, 0.05) is 12.8 Å². The summed E-state index contributed by atoms with van der Waals surface area (Å²) in [5.74, 6) is 0.233. The van der Waals surface area contributed by atoms with Gasteiger partial charge in [-0.15, -0.1) is 0 Å². The van der Waals surface area contributed by atoms with Crippen molar-refractivity contribution in [3.63, 3.8) is 0 Å². The number of hydrogen-bond donors (Lipinski definition) is 0. The first-order valence-electron chi connectivity index (χ1n) is 5.49. The third-order valence-corrected chi connectivity index (χ3v) is 2.56. The van der Waals surface area contributed by atoms with Crippen molar-refractivity contribution in [1.82, 2.24) is 0 Å². The molecule has 0 radical (unpaired) electrons. The van der Waals surface area contributed by atoms with E-state index in [-0.39, 0.29) is 5.97 Å². The van der Waals surface area contributed by atoms with E-state index in [0.717, 1.165) is 13.0 Å². The Morgan fingerprint density at radius 3 is 2.79 bits per heavy atom. The molecule has 0 saturated carbocycles. The molecule has 0 aliphatic carbocycles. The normalized spacial score (nSPS) is 21.7. The van der Waals surface area contributed by atoms with Crippen molar-refractivity contribution < 1.29 is 14.3 Å². The minimum Gasteiger partial charge on any atom is -0.465 e. The van der Waals surface area contributed by atoms with Crippen LogP contribution in [0.1, 0.15) is 39.5 Å². The Kier molecular flexibility index (Phi) is 4.94. The number of hydrogen-bond acceptors (Lipinski definition) is 3. The van der Waals surface area contributed by atoms with Crippen molar-refractivity contribution in [2.75, 3.05) is 13.2 Å².